The molecule has 0 heterocycles. The monoisotopic (exact) mass is 304 g/mol. The van der Waals surface area contributed by atoms with Crippen LogP contribution in [0.5, 0.6) is 0 Å². The normalized spacial score (nSPS) is 11.7. The lowest BCUT2D eigenvalue weighted by Crippen LogP contribution is -2.22. The summed E-state index contributed by atoms with van der Waals surface area (Å²) < 4.78 is 7.07. The average Bonchev–Trinajstić information content (AvgIpc) is 2.17. The third kappa shape index (κ3) is 3.96. The predicted octanol–water partition coefficient (Wildman–Crippen LogP) is 4.00. The molecule has 0 aliphatic rings. The Morgan fingerprint density at radius 1 is 1.21 bits per heavy atom. The second-order valence-corrected chi connectivity index (χ2v) is 5.27. The first kappa shape index (κ1) is 12.0. The third-order valence-electron chi connectivity index (χ3n) is 2.39. The average molecular weight is 304 g/mol. The van der Waals surface area contributed by atoms with Crippen LogP contribution in [0.4, 0.5) is 0 Å². The van der Waals surface area contributed by atoms with Gasteiger partial charge in [0.05, 0.1) is 12.2 Å². The van der Waals surface area contributed by atoms with Gasteiger partial charge in [0, 0.05) is 3.57 Å². The molecule has 1 nitrogen and oxygen atoms in total. The lowest BCUT2D eigenvalue weighted by molar-refractivity contribution is -0.0316. The smallest absolute Gasteiger partial charge is 0.0724 e. The highest BCUT2D eigenvalue weighted by Gasteiger charge is 2.14. The van der Waals surface area contributed by atoms with Crippen molar-refractivity contribution in [2.75, 3.05) is 0 Å². The molecule has 0 saturated heterocycles. The van der Waals surface area contributed by atoms with Crippen LogP contribution in [0.1, 0.15) is 32.8 Å². The van der Waals surface area contributed by atoms with Gasteiger partial charge in [-0.25, -0.2) is 0 Å². The molecule has 1 aromatic rings. The van der Waals surface area contributed by atoms with Gasteiger partial charge in [-0.05, 0) is 60.6 Å². The Hall–Kier alpha value is -0.0900. The molecule has 14 heavy (non-hydrogen) atoms. The number of hydrogen-bond donors (Lipinski definition) is 0. The van der Waals surface area contributed by atoms with E-state index in [9.17, 15) is 0 Å². The van der Waals surface area contributed by atoms with E-state index in [1.807, 2.05) is 0 Å². The van der Waals surface area contributed by atoms with E-state index in [0.717, 1.165) is 6.42 Å². The second-order valence-electron chi connectivity index (χ2n) is 4.03. The maximum atomic E-state index is 5.80. The van der Waals surface area contributed by atoms with Crippen LogP contribution < -0.4 is 0 Å². The Morgan fingerprint density at radius 3 is 2.29 bits per heavy atom. The Kier molecular flexibility index (Phi) is 4.38. The second kappa shape index (κ2) is 5.12. The van der Waals surface area contributed by atoms with Crippen LogP contribution in [-0.4, -0.2) is 5.60 Å². The highest BCUT2D eigenvalue weighted by molar-refractivity contribution is 14.1. The minimum absolute atomic E-state index is 0.0109. The molecule has 0 aliphatic heterocycles. The first-order chi connectivity index (χ1) is 6.53. The van der Waals surface area contributed by atoms with Crippen LogP contribution in [0.2, 0.25) is 0 Å². The molecule has 0 bridgehead atoms. The summed E-state index contributed by atoms with van der Waals surface area (Å²) in [5, 5.41) is 0. The summed E-state index contributed by atoms with van der Waals surface area (Å²) in [6.45, 7) is 7.10. The highest BCUT2D eigenvalue weighted by atomic mass is 127. The van der Waals surface area contributed by atoms with Crippen molar-refractivity contribution >= 4 is 22.6 Å². The molecular formula is C12H17IO. The lowest BCUT2D eigenvalue weighted by Gasteiger charge is -2.23. The van der Waals surface area contributed by atoms with E-state index in [1.165, 1.54) is 9.13 Å². The molecule has 0 aliphatic carbocycles. The Labute approximate surface area is 100.0 Å². The first-order valence-electron chi connectivity index (χ1n) is 4.92. The molecule has 0 spiro atoms. The van der Waals surface area contributed by atoms with Crippen molar-refractivity contribution in [2.45, 2.75) is 39.4 Å². The molecule has 0 unspecified atom stereocenters. The van der Waals surface area contributed by atoms with Gasteiger partial charge in [-0.15, -0.1) is 0 Å². The summed E-state index contributed by atoms with van der Waals surface area (Å²) in [5.41, 5.74) is 1.23. The van der Waals surface area contributed by atoms with E-state index in [-0.39, 0.29) is 5.60 Å². The van der Waals surface area contributed by atoms with Crippen molar-refractivity contribution in [3.63, 3.8) is 0 Å². The van der Waals surface area contributed by atoms with Gasteiger partial charge in [0.15, 0.2) is 0 Å². The zero-order valence-corrected chi connectivity index (χ0v) is 11.2. The van der Waals surface area contributed by atoms with Gasteiger partial charge >= 0.3 is 0 Å². The van der Waals surface area contributed by atoms with Crippen molar-refractivity contribution in [1.29, 1.82) is 0 Å². The molecule has 0 saturated carbocycles. The molecule has 1 rings (SSSR count). The van der Waals surface area contributed by atoms with E-state index in [2.05, 4.69) is 67.6 Å². The zero-order chi connectivity index (χ0) is 10.6. The summed E-state index contributed by atoms with van der Waals surface area (Å²) in [7, 11) is 0. The number of hydrogen-bond acceptors (Lipinski definition) is 1. The summed E-state index contributed by atoms with van der Waals surface area (Å²) in [6, 6.07) is 8.46. The highest BCUT2D eigenvalue weighted by Crippen LogP contribution is 2.16. The van der Waals surface area contributed by atoms with Crippen LogP contribution in [0, 0.1) is 3.57 Å². The van der Waals surface area contributed by atoms with E-state index < -0.39 is 0 Å². The summed E-state index contributed by atoms with van der Waals surface area (Å²) >= 11 is 2.31. The fourth-order valence-corrected chi connectivity index (χ4v) is 1.32. The number of ether oxygens (including phenoxy) is 1. The van der Waals surface area contributed by atoms with E-state index in [0.29, 0.717) is 6.61 Å². The lowest BCUT2D eigenvalue weighted by atomic mass is 10.1. The van der Waals surface area contributed by atoms with Gasteiger partial charge in [-0.2, -0.15) is 0 Å². The zero-order valence-electron chi connectivity index (χ0n) is 9.01. The van der Waals surface area contributed by atoms with E-state index in [1.54, 1.807) is 0 Å². The molecule has 0 radical (unpaired) electrons. The quantitative estimate of drug-likeness (QED) is 0.764. The van der Waals surface area contributed by atoms with Crippen LogP contribution in [0.3, 0.4) is 0 Å². The maximum Gasteiger partial charge on any atom is 0.0724 e. The topological polar surface area (TPSA) is 9.23 Å². The molecular weight excluding hydrogens is 287 g/mol. The van der Waals surface area contributed by atoms with Crippen LogP contribution >= 0.6 is 22.6 Å². The first-order valence-corrected chi connectivity index (χ1v) is 6.00. The van der Waals surface area contributed by atoms with Gasteiger partial charge in [0.1, 0.15) is 0 Å². The number of benzene rings is 1. The molecule has 2 heteroatoms. The fourth-order valence-electron chi connectivity index (χ4n) is 0.961. The molecule has 1 aromatic carbocycles. The van der Waals surface area contributed by atoms with Crippen LogP contribution in [-0.2, 0) is 11.3 Å². The molecule has 0 aromatic heterocycles. The summed E-state index contributed by atoms with van der Waals surface area (Å²) in [5.74, 6) is 0. The van der Waals surface area contributed by atoms with Crippen molar-refractivity contribution in [3.8, 4) is 0 Å². The van der Waals surface area contributed by atoms with Crippen molar-refractivity contribution in [1.82, 2.24) is 0 Å². The number of halogens is 1. The molecule has 0 N–H and O–H groups in total. The maximum absolute atomic E-state index is 5.80. The Morgan fingerprint density at radius 2 is 1.79 bits per heavy atom. The summed E-state index contributed by atoms with van der Waals surface area (Å²) in [4.78, 5) is 0. The van der Waals surface area contributed by atoms with Crippen molar-refractivity contribution in [3.05, 3.63) is 33.4 Å². The van der Waals surface area contributed by atoms with E-state index >= 15 is 0 Å². The van der Waals surface area contributed by atoms with Gasteiger partial charge in [-0.3, -0.25) is 0 Å². The number of rotatable bonds is 4. The van der Waals surface area contributed by atoms with Crippen molar-refractivity contribution in [2.24, 2.45) is 0 Å². The molecule has 0 amide bonds. The van der Waals surface area contributed by atoms with Gasteiger partial charge in [-0.1, -0.05) is 19.1 Å². The van der Waals surface area contributed by atoms with Gasteiger partial charge < -0.3 is 4.74 Å². The van der Waals surface area contributed by atoms with Gasteiger partial charge in [0.2, 0.25) is 0 Å². The third-order valence-corrected chi connectivity index (χ3v) is 3.11. The minimum Gasteiger partial charge on any atom is -0.371 e. The Bertz CT molecular complexity index is 277. The SMILES string of the molecule is CCC(C)(C)OCc1ccc(I)cc1. The largest absolute Gasteiger partial charge is 0.371 e. The molecule has 0 fully saturated rings. The van der Waals surface area contributed by atoms with Gasteiger partial charge in [0.25, 0.3) is 0 Å². The van der Waals surface area contributed by atoms with Crippen LogP contribution in [0.15, 0.2) is 24.3 Å². The fraction of sp³-hybridized carbons (Fsp3) is 0.500. The standard InChI is InChI=1S/C12H17IO/c1-4-12(2,3)14-9-10-5-7-11(13)8-6-10/h5-8H,4,9H2,1-3H3. The molecule has 0 atom stereocenters. The Balaban J connectivity index is 2.50. The predicted molar refractivity (Wildman–Crippen MR) is 68.3 cm³/mol. The van der Waals surface area contributed by atoms with Crippen molar-refractivity contribution < 1.29 is 4.74 Å². The summed E-state index contributed by atoms with van der Waals surface area (Å²) in [6.07, 6.45) is 1.04. The molecule has 78 valence electrons. The minimum atomic E-state index is -0.0109. The van der Waals surface area contributed by atoms with E-state index in [4.69, 9.17) is 4.74 Å². The van der Waals surface area contributed by atoms with Crippen LogP contribution in [0.25, 0.3) is 0 Å².